The third kappa shape index (κ3) is 6.29. The van der Waals surface area contributed by atoms with Crippen LogP contribution < -0.4 is 14.2 Å². The van der Waals surface area contributed by atoms with Crippen molar-refractivity contribution in [1.82, 2.24) is 9.55 Å². The van der Waals surface area contributed by atoms with Crippen molar-refractivity contribution in [3.63, 3.8) is 0 Å². The van der Waals surface area contributed by atoms with Crippen LogP contribution in [-0.2, 0) is 21.5 Å². The molecule has 4 rings (SSSR count). The number of benzene rings is 3. The van der Waals surface area contributed by atoms with Crippen LogP contribution in [0.4, 0.5) is 4.79 Å². The maximum atomic E-state index is 12.0. The normalized spacial score (nSPS) is 11.2. The Morgan fingerprint density at radius 1 is 0.775 bits per heavy atom. The van der Waals surface area contributed by atoms with Gasteiger partial charge < -0.3 is 23.7 Å². The first-order valence-electron chi connectivity index (χ1n) is 13.2. The fraction of sp³-hybridized carbons (Fsp3) is 0.312. The van der Waals surface area contributed by atoms with Gasteiger partial charge in [-0.2, -0.15) is 0 Å². The standard InChI is InChI=1S/C32H36N2O6/c1-36-28-14-9-25(10-15-28)32(39-4,26-11-16-29(37-2)17-12-26)27-13-18-30(38-3)24(22-27)8-6-5-7-21-40-31(35)34-20-19-33-23-34/h9-20,22-23H,5-8,21H2,1-4H3. The maximum absolute atomic E-state index is 12.0. The van der Waals surface area contributed by atoms with Crippen LogP contribution in [0.3, 0.4) is 0 Å². The minimum absolute atomic E-state index is 0.357. The third-order valence-electron chi connectivity index (χ3n) is 7.02. The minimum atomic E-state index is -0.874. The van der Waals surface area contributed by atoms with Gasteiger partial charge >= 0.3 is 6.09 Å². The Morgan fingerprint density at radius 3 is 1.93 bits per heavy atom. The zero-order chi connectivity index (χ0) is 28.4. The SMILES string of the molecule is COc1ccc(C(OC)(c2ccc(OC)cc2)c2ccc(OC)c(CCCCCOC(=O)n3ccnc3)c2)cc1. The van der Waals surface area contributed by atoms with Crippen LogP contribution in [0.1, 0.15) is 41.5 Å². The third-order valence-corrected chi connectivity index (χ3v) is 7.02. The Balaban J connectivity index is 1.57. The molecule has 0 aliphatic heterocycles. The van der Waals surface area contributed by atoms with Crippen molar-refractivity contribution in [1.29, 1.82) is 0 Å². The van der Waals surface area contributed by atoms with Crippen LogP contribution in [0.15, 0.2) is 85.5 Å². The Hall–Kier alpha value is -4.30. The number of imidazole rings is 1. The van der Waals surface area contributed by atoms with Crippen LogP contribution in [0.5, 0.6) is 17.2 Å². The predicted octanol–water partition coefficient (Wildman–Crippen LogP) is 6.24. The quantitative estimate of drug-likeness (QED) is 0.145. The molecule has 1 heterocycles. The molecule has 1 aromatic heterocycles. The highest BCUT2D eigenvalue weighted by atomic mass is 16.5. The lowest BCUT2D eigenvalue weighted by atomic mass is 9.79. The molecule has 0 aliphatic carbocycles. The molecule has 0 saturated heterocycles. The van der Waals surface area contributed by atoms with E-state index in [-0.39, 0.29) is 0 Å². The smallest absolute Gasteiger partial charge is 0.419 e. The van der Waals surface area contributed by atoms with Gasteiger partial charge in [0.15, 0.2) is 0 Å². The Bertz CT molecular complexity index is 1300. The van der Waals surface area contributed by atoms with Gasteiger partial charge in [0.2, 0.25) is 0 Å². The van der Waals surface area contributed by atoms with E-state index in [0.717, 1.165) is 65.2 Å². The summed E-state index contributed by atoms with van der Waals surface area (Å²) in [5.74, 6) is 2.37. The summed E-state index contributed by atoms with van der Waals surface area (Å²) < 4.78 is 29.6. The van der Waals surface area contributed by atoms with Gasteiger partial charge in [-0.1, -0.05) is 30.3 Å². The molecule has 4 aromatic rings. The van der Waals surface area contributed by atoms with Gasteiger partial charge in [0.1, 0.15) is 29.2 Å². The van der Waals surface area contributed by atoms with Gasteiger partial charge in [-0.25, -0.2) is 14.3 Å². The second-order valence-corrected chi connectivity index (χ2v) is 9.26. The molecule has 0 atom stereocenters. The van der Waals surface area contributed by atoms with Crippen molar-refractivity contribution in [2.24, 2.45) is 0 Å². The van der Waals surface area contributed by atoms with E-state index < -0.39 is 11.7 Å². The van der Waals surface area contributed by atoms with Gasteiger partial charge in [0.25, 0.3) is 0 Å². The molecular weight excluding hydrogens is 508 g/mol. The first kappa shape index (κ1) is 28.7. The van der Waals surface area contributed by atoms with Crippen molar-refractivity contribution >= 4 is 6.09 Å². The highest BCUT2D eigenvalue weighted by Crippen LogP contribution is 2.42. The number of carbonyl (C=O) groups excluding carboxylic acids is 1. The number of unbranched alkanes of at least 4 members (excludes halogenated alkanes) is 2. The van der Waals surface area contributed by atoms with Crippen LogP contribution in [-0.4, -0.2) is 50.7 Å². The van der Waals surface area contributed by atoms with Gasteiger partial charge in [-0.05, 0) is 84.3 Å². The second-order valence-electron chi connectivity index (χ2n) is 9.26. The number of aryl methyl sites for hydroxylation is 1. The number of rotatable bonds is 13. The summed E-state index contributed by atoms with van der Waals surface area (Å²) in [6, 6.07) is 22.1. The maximum Gasteiger partial charge on any atom is 0.419 e. The van der Waals surface area contributed by atoms with E-state index in [1.54, 1.807) is 40.8 Å². The molecule has 0 spiro atoms. The Morgan fingerprint density at radius 2 is 1.40 bits per heavy atom. The largest absolute Gasteiger partial charge is 0.497 e. The number of methoxy groups -OCH3 is 4. The highest BCUT2D eigenvalue weighted by Gasteiger charge is 2.37. The molecule has 210 valence electrons. The molecular formula is C32H36N2O6. The number of nitrogens with zero attached hydrogens (tertiary/aromatic N) is 2. The van der Waals surface area contributed by atoms with Crippen molar-refractivity contribution in [2.45, 2.75) is 31.3 Å². The fourth-order valence-corrected chi connectivity index (χ4v) is 4.89. The summed E-state index contributed by atoms with van der Waals surface area (Å²) in [5, 5.41) is 0. The number of carbonyl (C=O) groups is 1. The molecule has 3 aromatic carbocycles. The summed E-state index contributed by atoms with van der Waals surface area (Å²) in [6.45, 7) is 0.357. The molecule has 8 heteroatoms. The van der Waals surface area contributed by atoms with Crippen LogP contribution in [0.25, 0.3) is 0 Å². The molecule has 8 nitrogen and oxygen atoms in total. The van der Waals surface area contributed by atoms with Crippen molar-refractivity contribution < 1.29 is 28.5 Å². The van der Waals surface area contributed by atoms with Crippen LogP contribution in [0, 0.1) is 0 Å². The average molecular weight is 545 g/mol. The molecule has 40 heavy (non-hydrogen) atoms. The zero-order valence-electron chi connectivity index (χ0n) is 23.5. The van der Waals surface area contributed by atoms with Gasteiger partial charge in [-0.15, -0.1) is 0 Å². The van der Waals surface area contributed by atoms with E-state index in [9.17, 15) is 4.79 Å². The summed E-state index contributed by atoms with van der Waals surface area (Å²) in [7, 11) is 6.72. The first-order chi connectivity index (χ1) is 19.5. The molecule has 0 amide bonds. The molecule has 0 radical (unpaired) electrons. The Kier molecular flexibility index (Phi) is 9.81. The number of ether oxygens (including phenoxy) is 5. The van der Waals surface area contributed by atoms with E-state index in [1.807, 2.05) is 54.6 Å². The summed E-state index contributed by atoms with van der Waals surface area (Å²) in [5.41, 5.74) is 3.13. The Labute approximate surface area is 235 Å². The summed E-state index contributed by atoms with van der Waals surface area (Å²) in [6.07, 6.45) is 7.51. The number of hydrogen-bond acceptors (Lipinski definition) is 7. The van der Waals surface area contributed by atoms with E-state index >= 15 is 0 Å². The van der Waals surface area contributed by atoms with Crippen LogP contribution >= 0.6 is 0 Å². The lowest BCUT2D eigenvalue weighted by Gasteiger charge is -2.35. The summed E-state index contributed by atoms with van der Waals surface area (Å²) >= 11 is 0. The minimum Gasteiger partial charge on any atom is -0.497 e. The van der Waals surface area contributed by atoms with Gasteiger partial charge in [0, 0.05) is 19.5 Å². The first-order valence-corrected chi connectivity index (χ1v) is 13.2. The topological polar surface area (TPSA) is 81.0 Å². The van der Waals surface area contributed by atoms with Gasteiger partial charge in [-0.3, -0.25) is 0 Å². The molecule has 0 unspecified atom stereocenters. The second kappa shape index (κ2) is 13.7. The highest BCUT2D eigenvalue weighted by molar-refractivity contribution is 5.69. The molecule has 0 saturated carbocycles. The van der Waals surface area contributed by atoms with Crippen molar-refractivity contribution in [3.05, 3.63) is 108 Å². The van der Waals surface area contributed by atoms with Crippen molar-refractivity contribution in [3.8, 4) is 17.2 Å². The van der Waals surface area contributed by atoms with E-state index in [2.05, 4.69) is 17.1 Å². The summed E-state index contributed by atoms with van der Waals surface area (Å²) in [4.78, 5) is 15.8. The average Bonchev–Trinajstić information content (AvgIpc) is 3.56. The lowest BCUT2D eigenvalue weighted by molar-refractivity contribution is 0.0583. The van der Waals surface area contributed by atoms with E-state index in [0.29, 0.717) is 6.61 Å². The number of aromatic nitrogens is 2. The lowest BCUT2D eigenvalue weighted by Crippen LogP contribution is -2.31. The molecule has 0 N–H and O–H groups in total. The molecule has 0 fully saturated rings. The van der Waals surface area contributed by atoms with E-state index in [1.165, 1.54) is 10.9 Å². The predicted molar refractivity (Wildman–Crippen MR) is 152 cm³/mol. The van der Waals surface area contributed by atoms with Crippen LogP contribution in [0.2, 0.25) is 0 Å². The fourth-order valence-electron chi connectivity index (χ4n) is 4.89. The molecule has 0 bridgehead atoms. The zero-order valence-corrected chi connectivity index (χ0v) is 23.5. The van der Waals surface area contributed by atoms with Crippen molar-refractivity contribution in [2.75, 3.05) is 35.0 Å². The monoisotopic (exact) mass is 544 g/mol. The number of hydrogen-bond donors (Lipinski definition) is 0. The van der Waals surface area contributed by atoms with E-state index in [4.69, 9.17) is 23.7 Å². The van der Waals surface area contributed by atoms with Gasteiger partial charge in [0.05, 0.1) is 27.9 Å². The molecule has 0 aliphatic rings.